The fraction of sp³-hybridized carbons (Fsp3) is 0.462. The van der Waals surface area contributed by atoms with Gasteiger partial charge in [-0.1, -0.05) is 11.6 Å². The first-order chi connectivity index (χ1) is 9.76. The van der Waals surface area contributed by atoms with Gasteiger partial charge >= 0.3 is 0 Å². The van der Waals surface area contributed by atoms with E-state index in [1.165, 1.54) is 20.3 Å². The van der Waals surface area contributed by atoms with Crippen molar-refractivity contribution in [2.45, 2.75) is 12.8 Å². The largest absolute Gasteiger partial charge is 0.495 e. The number of sulfone groups is 1. The maximum Gasteiger partial charge on any atom is 0.224 e. The average Bonchev–Trinajstić information content (AvgIpc) is 2.38. The van der Waals surface area contributed by atoms with Crippen LogP contribution in [-0.4, -0.2) is 40.6 Å². The minimum atomic E-state index is -3.06. The summed E-state index contributed by atoms with van der Waals surface area (Å²) in [5.74, 6) is 0.476. The van der Waals surface area contributed by atoms with E-state index >= 15 is 0 Å². The fourth-order valence-electron chi connectivity index (χ4n) is 1.67. The van der Waals surface area contributed by atoms with Crippen LogP contribution in [0.15, 0.2) is 12.1 Å². The van der Waals surface area contributed by atoms with E-state index in [-0.39, 0.29) is 24.5 Å². The normalized spacial score (nSPS) is 11.0. The van der Waals surface area contributed by atoms with Gasteiger partial charge in [0.15, 0.2) is 0 Å². The van der Waals surface area contributed by atoms with Crippen molar-refractivity contribution in [1.29, 1.82) is 0 Å². The van der Waals surface area contributed by atoms with Crippen molar-refractivity contribution in [2.24, 2.45) is 0 Å². The van der Waals surface area contributed by atoms with Gasteiger partial charge in [0.2, 0.25) is 5.91 Å². The third kappa shape index (κ3) is 5.81. The van der Waals surface area contributed by atoms with Gasteiger partial charge in [0.25, 0.3) is 0 Å². The molecule has 1 aromatic rings. The summed E-state index contributed by atoms with van der Waals surface area (Å²) in [5.41, 5.74) is 0.420. The molecule has 0 aliphatic rings. The summed E-state index contributed by atoms with van der Waals surface area (Å²) in [5, 5.41) is 3.02. The highest BCUT2D eigenvalue weighted by Crippen LogP contribution is 2.35. The number of rotatable bonds is 7. The van der Waals surface area contributed by atoms with E-state index in [1.807, 2.05) is 0 Å². The number of anilines is 1. The molecule has 0 radical (unpaired) electrons. The summed E-state index contributed by atoms with van der Waals surface area (Å²) in [4.78, 5) is 11.8. The monoisotopic (exact) mass is 335 g/mol. The van der Waals surface area contributed by atoms with Crippen molar-refractivity contribution in [3.63, 3.8) is 0 Å². The molecule has 118 valence electrons. The Hall–Kier alpha value is -1.47. The Bertz CT molecular complexity index is 615. The molecular weight excluding hydrogens is 318 g/mol. The molecule has 0 unspecified atom stereocenters. The minimum absolute atomic E-state index is 0.0263. The molecule has 0 bridgehead atoms. The Labute approximate surface area is 129 Å². The Balaban J connectivity index is 2.75. The van der Waals surface area contributed by atoms with Crippen molar-refractivity contribution in [3.05, 3.63) is 17.2 Å². The van der Waals surface area contributed by atoms with Gasteiger partial charge in [-0.05, 0) is 6.42 Å². The summed E-state index contributed by atoms with van der Waals surface area (Å²) < 4.78 is 32.2. The van der Waals surface area contributed by atoms with Crippen LogP contribution in [0.5, 0.6) is 11.5 Å². The summed E-state index contributed by atoms with van der Waals surface area (Å²) >= 11 is 5.97. The molecule has 0 aliphatic heterocycles. The Morgan fingerprint density at radius 3 is 2.38 bits per heavy atom. The molecule has 0 aromatic heterocycles. The highest BCUT2D eigenvalue weighted by Gasteiger charge is 2.13. The second-order valence-electron chi connectivity index (χ2n) is 4.47. The molecule has 6 nitrogen and oxygen atoms in total. The third-order valence-electron chi connectivity index (χ3n) is 2.67. The van der Waals surface area contributed by atoms with E-state index in [9.17, 15) is 13.2 Å². The van der Waals surface area contributed by atoms with Gasteiger partial charge in [0.05, 0.1) is 30.7 Å². The first-order valence-corrected chi connectivity index (χ1v) is 8.59. The predicted molar refractivity (Wildman–Crippen MR) is 82.1 cm³/mol. The average molecular weight is 336 g/mol. The minimum Gasteiger partial charge on any atom is -0.495 e. The molecule has 1 rings (SSSR count). The molecule has 1 amide bonds. The number of hydrogen-bond acceptors (Lipinski definition) is 5. The Kier molecular flexibility index (Phi) is 6.29. The summed E-state index contributed by atoms with van der Waals surface area (Å²) in [6.07, 6.45) is 1.50. The topological polar surface area (TPSA) is 81.7 Å². The van der Waals surface area contributed by atoms with E-state index in [0.717, 1.165) is 6.26 Å². The van der Waals surface area contributed by atoms with E-state index in [2.05, 4.69) is 5.32 Å². The van der Waals surface area contributed by atoms with Crippen LogP contribution in [0.25, 0.3) is 0 Å². The van der Waals surface area contributed by atoms with Crippen LogP contribution in [0.3, 0.4) is 0 Å². The Morgan fingerprint density at radius 2 is 1.86 bits per heavy atom. The van der Waals surface area contributed by atoms with Gasteiger partial charge < -0.3 is 14.8 Å². The number of benzene rings is 1. The first-order valence-electron chi connectivity index (χ1n) is 6.16. The number of ether oxygens (including phenoxy) is 2. The maximum atomic E-state index is 11.8. The highest BCUT2D eigenvalue weighted by molar-refractivity contribution is 7.90. The van der Waals surface area contributed by atoms with E-state index < -0.39 is 9.84 Å². The Morgan fingerprint density at radius 1 is 1.24 bits per heavy atom. The van der Waals surface area contributed by atoms with Gasteiger partial charge in [0, 0.05) is 24.8 Å². The first kappa shape index (κ1) is 17.6. The number of halogens is 1. The number of methoxy groups -OCH3 is 2. The molecule has 1 N–H and O–H groups in total. The van der Waals surface area contributed by atoms with Gasteiger partial charge in [-0.3, -0.25) is 4.79 Å². The molecular formula is C13H18ClNO5S. The van der Waals surface area contributed by atoms with Crippen LogP contribution >= 0.6 is 11.6 Å². The molecule has 1 aromatic carbocycles. The zero-order chi connectivity index (χ0) is 16.0. The van der Waals surface area contributed by atoms with Crippen LogP contribution in [0.1, 0.15) is 12.8 Å². The number of nitrogens with one attached hydrogen (secondary N) is 1. The summed E-state index contributed by atoms with van der Waals surface area (Å²) in [7, 11) is -0.144. The summed E-state index contributed by atoms with van der Waals surface area (Å²) in [6, 6.07) is 3.09. The van der Waals surface area contributed by atoms with Gasteiger partial charge in [0.1, 0.15) is 21.3 Å². The number of carbonyl (C=O) groups excluding carboxylic acids is 1. The van der Waals surface area contributed by atoms with Crippen LogP contribution in [-0.2, 0) is 14.6 Å². The van der Waals surface area contributed by atoms with Crippen LogP contribution in [0.2, 0.25) is 5.02 Å². The highest BCUT2D eigenvalue weighted by atomic mass is 35.5. The van der Waals surface area contributed by atoms with Gasteiger partial charge in [-0.25, -0.2) is 8.42 Å². The van der Waals surface area contributed by atoms with Crippen LogP contribution in [0, 0.1) is 0 Å². The zero-order valence-electron chi connectivity index (χ0n) is 12.1. The standard InChI is InChI=1S/C13H18ClNO5S/c1-19-11-8-10(12(20-2)7-9(11)14)15-13(16)5-4-6-21(3,17)18/h7-8H,4-6H2,1-3H3,(H,15,16). The van der Waals surface area contributed by atoms with Gasteiger partial charge in [-0.2, -0.15) is 0 Å². The van der Waals surface area contributed by atoms with Crippen molar-refractivity contribution < 1.29 is 22.7 Å². The molecule has 0 heterocycles. The molecule has 21 heavy (non-hydrogen) atoms. The fourth-order valence-corrected chi connectivity index (χ4v) is 2.57. The lowest BCUT2D eigenvalue weighted by Crippen LogP contribution is -2.14. The molecule has 0 aliphatic carbocycles. The molecule has 0 saturated carbocycles. The third-order valence-corrected chi connectivity index (χ3v) is 3.99. The lowest BCUT2D eigenvalue weighted by molar-refractivity contribution is -0.116. The SMILES string of the molecule is COc1cc(NC(=O)CCCS(C)(=O)=O)c(OC)cc1Cl. The van der Waals surface area contributed by atoms with E-state index in [1.54, 1.807) is 6.07 Å². The number of hydrogen-bond donors (Lipinski definition) is 1. The molecule has 0 fully saturated rings. The molecule has 0 spiro atoms. The van der Waals surface area contributed by atoms with Crippen molar-refractivity contribution in [1.82, 2.24) is 0 Å². The predicted octanol–water partition coefficient (Wildman–Crippen LogP) is 2.12. The lowest BCUT2D eigenvalue weighted by atomic mass is 10.2. The quantitative estimate of drug-likeness (QED) is 0.825. The lowest BCUT2D eigenvalue weighted by Gasteiger charge is -2.13. The second kappa shape index (κ2) is 7.51. The second-order valence-corrected chi connectivity index (χ2v) is 7.14. The molecule has 0 saturated heterocycles. The van der Waals surface area contributed by atoms with Crippen molar-refractivity contribution in [2.75, 3.05) is 31.5 Å². The van der Waals surface area contributed by atoms with E-state index in [4.69, 9.17) is 21.1 Å². The van der Waals surface area contributed by atoms with Gasteiger partial charge in [-0.15, -0.1) is 0 Å². The summed E-state index contributed by atoms with van der Waals surface area (Å²) in [6.45, 7) is 0. The van der Waals surface area contributed by atoms with Crippen molar-refractivity contribution in [3.8, 4) is 11.5 Å². The maximum absolute atomic E-state index is 11.8. The molecule has 8 heteroatoms. The number of amides is 1. The zero-order valence-corrected chi connectivity index (χ0v) is 13.7. The smallest absolute Gasteiger partial charge is 0.224 e. The van der Waals surface area contributed by atoms with E-state index in [0.29, 0.717) is 22.2 Å². The molecule has 0 atom stereocenters. The number of carbonyl (C=O) groups is 1. The van der Waals surface area contributed by atoms with Crippen LogP contribution in [0.4, 0.5) is 5.69 Å². The van der Waals surface area contributed by atoms with Crippen LogP contribution < -0.4 is 14.8 Å². The van der Waals surface area contributed by atoms with Crippen molar-refractivity contribution >= 4 is 33.0 Å².